The number of ether oxygens (including phenoxy) is 1. The summed E-state index contributed by atoms with van der Waals surface area (Å²) in [5, 5.41) is 2.80. The average molecular weight is 426 g/mol. The monoisotopic (exact) mass is 426 g/mol. The third-order valence-corrected chi connectivity index (χ3v) is 5.22. The van der Waals surface area contributed by atoms with Gasteiger partial charge in [-0.15, -0.1) is 4.91 Å². The van der Waals surface area contributed by atoms with Crippen molar-refractivity contribution < 1.29 is 22.7 Å². The summed E-state index contributed by atoms with van der Waals surface area (Å²) in [5.41, 5.74) is 1.87. The van der Waals surface area contributed by atoms with E-state index in [-0.39, 0.29) is 11.4 Å². The zero-order chi connectivity index (χ0) is 22.0. The van der Waals surface area contributed by atoms with E-state index in [0.29, 0.717) is 18.5 Å². The number of hydrogen-bond donors (Lipinski definition) is 0. The van der Waals surface area contributed by atoms with Crippen molar-refractivity contribution in [3.05, 3.63) is 100.0 Å². The smallest absolute Gasteiger partial charge is 0.410 e. The van der Waals surface area contributed by atoms with Crippen molar-refractivity contribution in [3.8, 4) is 5.75 Å². The maximum absolute atomic E-state index is 13.0. The molecule has 1 unspecified atom stereocenters. The summed E-state index contributed by atoms with van der Waals surface area (Å²) in [5.74, 6) is 0.238. The fraction of sp³-hybridized carbons (Fsp3) is 0.174. The van der Waals surface area contributed by atoms with E-state index in [1.54, 1.807) is 0 Å². The van der Waals surface area contributed by atoms with Crippen LogP contribution in [-0.4, -0.2) is 17.5 Å². The Bertz CT molecular complexity index is 1100. The van der Waals surface area contributed by atoms with Crippen LogP contribution in [0.3, 0.4) is 0 Å². The Balaban J connectivity index is 1.67. The second-order valence-electron chi connectivity index (χ2n) is 7.12. The molecular weight excluding hydrogens is 409 g/mol. The number of amides is 1. The number of carbonyl (C=O) groups excluding carboxylic acids is 1. The van der Waals surface area contributed by atoms with E-state index in [9.17, 15) is 22.9 Å². The van der Waals surface area contributed by atoms with Gasteiger partial charge in [-0.3, -0.25) is 4.90 Å². The fourth-order valence-corrected chi connectivity index (χ4v) is 3.71. The molecule has 158 valence electrons. The summed E-state index contributed by atoms with van der Waals surface area (Å²) in [6.07, 6.45) is -4.48. The van der Waals surface area contributed by atoms with Gasteiger partial charge in [0, 0.05) is 6.54 Å². The molecule has 0 N–H and O–H groups in total. The highest BCUT2D eigenvalue weighted by Gasteiger charge is 2.35. The molecule has 1 atom stereocenters. The van der Waals surface area contributed by atoms with E-state index in [2.05, 4.69) is 5.18 Å². The average Bonchev–Trinajstić information content (AvgIpc) is 2.78. The van der Waals surface area contributed by atoms with E-state index < -0.39 is 23.9 Å². The lowest BCUT2D eigenvalue weighted by molar-refractivity contribution is -0.137. The quantitative estimate of drug-likeness (QED) is 0.465. The maximum Gasteiger partial charge on any atom is 0.416 e. The Labute approximate surface area is 176 Å². The number of hydrogen-bond acceptors (Lipinski definition) is 4. The molecule has 8 heteroatoms. The van der Waals surface area contributed by atoms with Crippen molar-refractivity contribution >= 4 is 11.8 Å². The summed E-state index contributed by atoms with van der Waals surface area (Å²) < 4.78 is 44.4. The van der Waals surface area contributed by atoms with Crippen LogP contribution < -0.4 is 4.74 Å². The van der Waals surface area contributed by atoms with Gasteiger partial charge in [0.25, 0.3) is 0 Å². The molecule has 1 heterocycles. The number of carbonyl (C=O) groups is 1. The normalized spacial score (nSPS) is 15.8. The Morgan fingerprint density at radius 3 is 2.29 bits per heavy atom. The number of alkyl halides is 3. The van der Waals surface area contributed by atoms with Crippen LogP contribution in [0.25, 0.3) is 0 Å². The highest BCUT2D eigenvalue weighted by molar-refractivity contribution is 5.73. The van der Waals surface area contributed by atoms with Crippen molar-refractivity contribution in [1.82, 2.24) is 4.90 Å². The summed E-state index contributed by atoms with van der Waals surface area (Å²) in [6.45, 7) is 0.343. The van der Waals surface area contributed by atoms with Gasteiger partial charge in [0.1, 0.15) is 11.4 Å². The zero-order valence-electron chi connectivity index (χ0n) is 16.2. The Hall–Kier alpha value is -3.68. The summed E-state index contributed by atoms with van der Waals surface area (Å²) in [4.78, 5) is 25.0. The summed E-state index contributed by atoms with van der Waals surface area (Å²) in [7, 11) is 0. The predicted octanol–water partition coefficient (Wildman–Crippen LogP) is 6.25. The minimum Gasteiger partial charge on any atom is -0.410 e. The molecule has 0 bridgehead atoms. The number of rotatable bonds is 3. The lowest BCUT2D eigenvalue weighted by Crippen LogP contribution is -2.42. The highest BCUT2D eigenvalue weighted by atomic mass is 19.4. The van der Waals surface area contributed by atoms with Gasteiger partial charge in [0.2, 0.25) is 0 Å². The predicted molar refractivity (Wildman–Crippen MR) is 108 cm³/mol. The topological polar surface area (TPSA) is 59.0 Å². The summed E-state index contributed by atoms with van der Waals surface area (Å²) >= 11 is 0. The summed E-state index contributed by atoms with van der Waals surface area (Å²) in [6, 6.07) is 17.5. The fourth-order valence-electron chi connectivity index (χ4n) is 3.71. The van der Waals surface area contributed by atoms with Crippen molar-refractivity contribution in [2.45, 2.75) is 18.6 Å². The first-order chi connectivity index (χ1) is 14.9. The molecule has 4 rings (SSSR count). The van der Waals surface area contributed by atoms with Crippen LogP contribution in [0.15, 0.2) is 78.0 Å². The molecule has 0 saturated carbocycles. The molecule has 0 spiro atoms. The Morgan fingerprint density at radius 2 is 1.65 bits per heavy atom. The van der Waals surface area contributed by atoms with Gasteiger partial charge in [0.15, 0.2) is 0 Å². The number of nitroso groups, excluding NO2 is 1. The lowest BCUT2D eigenvalue weighted by atomic mass is 9.88. The number of benzene rings is 3. The number of fused-ring (bicyclic) bond motifs is 1. The molecule has 1 aliphatic rings. The number of nitrogens with zero attached hydrogens (tertiary/aromatic N) is 2. The van der Waals surface area contributed by atoms with Crippen molar-refractivity contribution in [2.75, 3.05) is 6.54 Å². The van der Waals surface area contributed by atoms with Crippen LogP contribution in [0, 0.1) is 4.91 Å². The minimum absolute atomic E-state index is 0.203. The molecule has 0 aromatic heterocycles. The van der Waals surface area contributed by atoms with Gasteiger partial charge < -0.3 is 4.74 Å². The minimum atomic E-state index is -4.44. The van der Waals surface area contributed by atoms with Crippen LogP contribution in [-0.2, 0) is 12.6 Å². The zero-order valence-corrected chi connectivity index (χ0v) is 16.2. The van der Waals surface area contributed by atoms with Crippen LogP contribution in [0.5, 0.6) is 5.75 Å². The molecule has 0 saturated heterocycles. The molecule has 3 aromatic rings. The van der Waals surface area contributed by atoms with Crippen molar-refractivity contribution in [1.29, 1.82) is 0 Å². The van der Waals surface area contributed by atoms with E-state index in [1.807, 2.05) is 24.3 Å². The van der Waals surface area contributed by atoms with Crippen LogP contribution in [0.4, 0.5) is 23.7 Å². The first-order valence-corrected chi connectivity index (χ1v) is 9.53. The standard InChI is InChI=1S/C23H17F3N2O3/c24-23(25,26)17-7-5-16(6-8-17)21-20-4-2-1-3-15(20)13-14-28(21)22(29)31-19-11-9-18(27-30)10-12-19/h1-12,21H,13-14H2. The van der Waals surface area contributed by atoms with Crippen LogP contribution in [0.1, 0.15) is 28.3 Å². The highest BCUT2D eigenvalue weighted by Crippen LogP contribution is 2.37. The maximum atomic E-state index is 13.0. The third-order valence-electron chi connectivity index (χ3n) is 5.22. The van der Waals surface area contributed by atoms with Crippen molar-refractivity contribution in [3.63, 3.8) is 0 Å². The molecule has 0 fully saturated rings. The van der Waals surface area contributed by atoms with E-state index in [4.69, 9.17) is 4.74 Å². The second-order valence-corrected chi connectivity index (χ2v) is 7.12. The van der Waals surface area contributed by atoms with Crippen LogP contribution >= 0.6 is 0 Å². The lowest BCUT2D eigenvalue weighted by Gasteiger charge is -2.37. The molecule has 5 nitrogen and oxygen atoms in total. The molecule has 1 aliphatic heterocycles. The largest absolute Gasteiger partial charge is 0.416 e. The van der Waals surface area contributed by atoms with Gasteiger partial charge in [-0.05, 0) is 64.7 Å². The molecule has 0 aliphatic carbocycles. The van der Waals surface area contributed by atoms with Gasteiger partial charge in [-0.2, -0.15) is 13.2 Å². The van der Waals surface area contributed by atoms with E-state index >= 15 is 0 Å². The first kappa shape index (κ1) is 20.6. The first-order valence-electron chi connectivity index (χ1n) is 9.53. The van der Waals surface area contributed by atoms with E-state index in [0.717, 1.165) is 23.3 Å². The third kappa shape index (κ3) is 4.28. The molecular formula is C23H17F3N2O3. The van der Waals surface area contributed by atoms with Crippen LogP contribution in [0.2, 0.25) is 0 Å². The Morgan fingerprint density at radius 1 is 0.968 bits per heavy atom. The molecule has 31 heavy (non-hydrogen) atoms. The second kappa shape index (κ2) is 8.22. The van der Waals surface area contributed by atoms with Gasteiger partial charge >= 0.3 is 12.3 Å². The van der Waals surface area contributed by atoms with Gasteiger partial charge in [0.05, 0.1) is 11.6 Å². The number of halogens is 3. The molecule has 0 radical (unpaired) electrons. The SMILES string of the molecule is O=Nc1ccc(OC(=O)N2CCc3ccccc3C2c2ccc(C(F)(F)F)cc2)cc1. The van der Waals surface area contributed by atoms with E-state index in [1.165, 1.54) is 41.3 Å². The molecule has 1 amide bonds. The Kier molecular flexibility index (Phi) is 5.46. The van der Waals surface area contributed by atoms with Crippen molar-refractivity contribution in [2.24, 2.45) is 5.18 Å². The van der Waals surface area contributed by atoms with Gasteiger partial charge in [-0.1, -0.05) is 36.4 Å². The van der Waals surface area contributed by atoms with Gasteiger partial charge in [-0.25, -0.2) is 4.79 Å². The molecule has 3 aromatic carbocycles.